The number of nitrogens with zero attached hydrogens (tertiary/aromatic N) is 1. The molecule has 0 radical (unpaired) electrons. The Balaban J connectivity index is 1.50. The van der Waals surface area contributed by atoms with Crippen LogP contribution in [0.15, 0.2) is 48.8 Å². The third-order valence-corrected chi connectivity index (χ3v) is 6.57. The van der Waals surface area contributed by atoms with Crippen LogP contribution in [0.4, 0.5) is 5.69 Å². The minimum atomic E-state index is -3.30. The van der Waals surface area contributed by atoms with Gasteiger partial charge in [-0.3, -0.25) is 4.72 Å². The highest BCUT2D eigenvalue weighted by Crippen LogP contribution is 2.29. The molecule has 0 saturated heterocycles. The largest absolute Gasteiger partial charge is 0.346 e. The van der Waals surface area contributed by atoms with E-state index in [1.54, 1.807) is 6.20 Å². The molecular formula is C20H23N3O2S. The van der Waals surface area contributed by atoms with Crippen LogP contribution >= 0.6 is 0 Å². The third-order valence-electron chi connectivity index (χ3n) is 5.11. The summed E-state index contributed by atoms with van der Waals surface area (Å²) in [6.07, 6.45) is 9.21. The lowest BCUT2D eigenvalue weighted by atomic mass is 9.91. The highest BCUT2D eigenvalue weighted by molar-refractivity contribution is 7.92. The molecule has 5 nitrogen and oxygen atoms in total. The maximum absolute atomic E-state index is 12.4. The zero-order chi connectivity index (χ0) is 18.0. The van der Waals surface area contributed by atoms with Crippen molar-refractivity contribution in [2.75, 3.05) is 10.5 Å². The number of aromatic amines is 1. The second-order valence-corrected chi connectivity index (χ2v) is 8.83. The number of fused-ring (bicyclic) bond motifs is 1. The molecule has 1 saturated carbocycles. The Morgan fingerprint density at radius 3 is 2.58 bits per heavy atom. The second kappa shape index (κ2) is 7.11. The van der Waals surface area contributed by atoms with Crippen LogP contribution in [-0.4, -0.2) is 24.1 Å². The second-order valence-electron chi connectivity index (χ2n) is 7.06. The van der Waals surface area contributed by atoms with E-state index < -0.39 is 10.0 Å². The molecule has 2 N–H and O–H groups in total. The van der Waals surface area contributed by atoms with Crippen molar-refractivity contribution >= 4 is 26.7 Å². The number of pyridine rings is 1. The normalized spacial score (nSPS) is 16.0. The predicted molar refractivity (Wildman–Crippen MR) is 106 cm³/mol. The Hall–Kier alpha value is -2.34. The molecule has 1 aliphatic rings. The van der Waals surface area contributed by atoms with E-state index in [9.17, 15) is 8.42 Å². The summed E-state index contributed by atoms with van der Waals surface area (Å²) in [5.41, 5.74) is 3.57. The monoisotopic (exact) mass is 369 g/mol. The number of anilines is 1. The summed E-state index contributed by atoms with van der Waals surface area (Å²) in [4.78, 5) is 7.41. The number of nitrogens with one attached hydrogen (secondary N) is 2. The smallest absolute Gasteiger partial charge is 0.232 e. The van der Waals surface area contributed by atoms with Crippen LogP contribution < -0.4 is 4.72 Å². The molecule has 4 rings (SSSR count). The first-order valence-corrected chi connectivity index (χ1v) is 10.8. The molecule has 136 valence electrons. The SMILES string of the molecule is O=S(=O)(CC1CCCCC1)Nc1ccc(-c2ccnc3[nH]ccc23)cc1. The molecule has 0 atom stereocenters. The molecule has 26 heavy (non-hydrogen) atoms. The van der Waals surface area contributed by atoms with E-state index >= 15 is 0 Å². The number of hydrogen-bond acceptors (Lipinski definition) is 3. The first-order valence-electron chi connectivity index (χ1n) is 9.14. The molecule has 0 bridgehead atoms. The number of benzene rings is 1. The van der Waals surface area contributed by atoms with Crippen molar-refractivity contribution in [1.82, 2.24) is 9.97 Å². The Kier molecular flexibility index (Phi) is 4.68. The van der Waals surface area contributed by atoms with Crippen LogP contribution in [0.5, 0.6) is 0 Å². The Morgan fingerprint density at radius 2 is 1.81 bits per heavy atom. The summed E-state index contributed by atoms with van der Waals surface area (Å²) >= 11 is 0. The number of sulfonamides is 1. The number of hydrogen-bond donors (Lipinski definition) is 2. The fourth-order valence-electron chi connectivity index (χ4n) is 3.82. The molecule has 1 fully saturated rings. The zero-order valence-corrected chi connectivity index (χ0v) is 15.4. The molecule has 1 aliphatic carbocycles. The van der Waals surface area contributed by atoms with Gasteiger partial charge in [0.05, 0.1) is 5.75 Å². The topological polar surface area (TPSA) is 74.8 Å². The van der Waals surface area contributed by atoms with Gasteiger partial charge in [0.1, 0.15) is 5.65 Å². The lowest BCUT2D eigenvalue weighted by molar-refractivity contribution is 0.385. The van der Waals surface area contributed by atoms with Crippen molar-refractivity contribution in [3.8, 4) is 11.1 Å². The van der Waals surface area contributed by atoms with E-state index in [0.29, 0.717) is 11.6 Å². The van der Waals surface area contributed by atoms with Gasteiger partial charge in [-0.2, -0.15) is 0 Å². The van der Waals surface area contributed by atoms with Gasteiger partial charge in [-0.05, 0) is 54.2 Å². The minimum absolute atomic E-state index is 0.225. The van der Waals surface area contributed by atoms with Gasteiger partial charge in [-0.1, -0.05) is 31.4 Å². The van der Waals surface area contributed by atoms with Crippen LogP contribution in [0.1, 0.15) is 32.1 Å². The van der Waals surface area contributed by atoms with E-state index in [1.807, 2.05) is 42.6 Å². The van der Waals surface area contributed by atoms with Gasteiger partial charge in [0.25, 0.3) is 0 Å². The van der Waals surface area contributed by atoms with Gasteiger partial charge in [-0.25, -0.2) is 13.4 Å². The van der Waals surface area contributed by atoms with Crippen molar-refractivity contribution < 1.29 is 8.42 Å². The summed E-state index contributed by atoms with van der Waals surface area (Å²) < 4.78 is 27.6. The minimum Gasteiger partial charge on any atom is -0.346 e. The third kappa shape index (κ3) is 3.75. The lowest BCUT2D eigenvalue weighted by Crippen LogP contribution is -2.24. The predicted octanol–water partition coefficient (Wildman–Crippen LogP) is 4.55. The highest BCUT2D eigenvalue weighted by Gasteiger charge is 2.21. The summed E-state index contributed by atoms with van der Waals surface area (Å²) in [5, 5.41) is 1.05. The fraction of sp³-hybridized carbons (Fsp3) is 0.350. The molecule has 0 aliphatic heterocycles. The highest BCUT2D eigenvalue weighted by atomic mass is 32.2. The van der Waals surface area contributed by atoms with Crippen LogP contribution in [0.25, 0.3) is 22.2 Å². The quantitative estimate of drug-likeness (QED) is 0.693. The van der Waals surface area contributed by atoms with Crippen molar-refractivity contribution in [2.45, 2.75) is 32.1 Å². The molecule has 0 amide bonds. The van der Waals surface area contributed by atoms with Crippen molar-refractivity contribution in [1.29, 1.82) is 0 Å². The van der Waals surface area contributed by atoms with Gasteiger partial charge in [0, 0.05) is 23.5 Å². The molecular weight excluding hydrogens is 346 g/mol. The maximum atomic E-state index is 12.4. The van der Waals surface area contributed by atoms with E-state index in [1.165, 1.54) is 6.42 Å². The van der Waals surface area contributed by atoms with Gasteiger partial charge in [0.15, 0.2) is 0 Å². The lowest BCUT2D eigenvalue weighted by Gasteiger charge is -2.21. The first-order chi connectivity index (χ1) is 12.6. The van der Waals surface area contributed by atoms with Gasteiger partial charge in [-0.15, -0.1) is 0 Å². The molecule has 2 aromatic heterocycles. The van der Waals surface area contributed by atoms with Gasteiger partial charge < -0.3 is 4.98 Å². The first kappa shape index (κ1) is 17.1. The molecule has 2 heterocycles. The Bertz CT molecular complexity index is 987. The van der Waals surface area contributed by atoms with Crippen LogP contribution in [0.3, 0.4) is 0 Å². The van der Waals surface area contributed by atoms with E-state index in [2.05, 4.69) is 14.7 Å². The van der Waals surface area contributed by atoms with E-state index in [4.69, 9.17) is 0 Å². The summed E-state index contributed by atoms with van der Waals surface area (Å²) in [6, 6.07) is 11.5. The van der Waals surface area contributed by atoms with E-state index in [0.717, 1.165) is 47.8 Å². The fourth-order valence-corrected chi connectivity index (χ4v) is 5.35. The van der Waals surface area contributed by atoms with Crippen molar-refractivity contribution in [2.24, 2.45) is 5.92 Å². The Labute approximate surface area is 153 Å². The van der Waals surface area contributed by atoms with Gasteiger partial charge in [0.2, 0.25) is 10.0 Å². The molecule has 3 aromatic rings. The summed E-state index contributed by atoms with van der Waals surface area (Å²) in [6.45, 7) is 0. The number of rotatable bonds is 5. The van der Waals surface area contributed by atoms with Crippen LogP contribution in [0.2, 0.25) is 0 Å². The number of H-pyrrole nitrogens is 1. The maximum Gasteiger partial charge on any atom is 0.232 e. The Morgan fingerprint density at radius 1 is 1.04 bits per heavy atom. The average Bonchev–Trinajstić information content (AvgIpc) is 3.11. The molecule has 0 unspecified atom stereocenters. The summed E-state index contributed by atoms with van der Waals surface area (Å²) in [5.74, 6) is 0.516. The van der Waals surface area contributed by atoms with Crippen molar-refractivity contribution in [3.63, 3.8) is 0 Å². The van der Waals surface area contributed by atoms with Crippen LogP contribution in [-0.2, 0) is 10.0 Å². The number of aromatic nitrogens is 2. The van der Waals surface area contributed by atoms with Crippen molar-refractivity contribution in [3.05, 3.63) is 48.8 Å². The average molecular weight is 369 g/mol. The van der Waals surface area contributed by atoms with Crippen LogP contribution in [0, 0.1) is 5.92 Å². The zero-order valence-electron chi connectivity index (χ0n) is 14.6. The van der Waals surface area contributed by atoms with Gasteiger partial charge >= 0.3 is 0 Å². The molecule has 0 spiro atoms. The molecule has 6 heteroatoms. The van der Waals surface area contributed by atoms with E-state index in [-0.39, 0.29) is 5.75 Å². The molecule has 1 aromatic carbocycles. The summed E-state index contributed by atoms with van der Waals surface area (Å²) in [7, 11) is -3.30. The standard InChI is InChI=1S/C20H23N3O2S/c24-26(25,14-15-4-2-1-3-5-15)23-17-8-6-16(7-9-17)18-10-12-21-20-19(18)11-13-22-20/h6-13,15,23H,1-5,14H2,(H,21,22).